The Kier molecular flexibility index (Phi) is 4.97. The Morgan fingerprint density at radius 3 is 2.83 bits per heavy atom. The zero-order chi connectivity index (χ0) is 17.1. The molecule has 1 aliphatic heterocycles. The molecule has 0 amide bonds. The van der Waals surface area contributed by atoms with Crippen LogP contribution in [-0.2, 0) is 17.8 Å². The van der Waals surface area contributed by atoms with Crippen LogP contribution < -0.4 is 5.73 Å². The predicted octanol–water partition coefficient (Wildman–Crippen LogP) is 2.96. The molecule has 7 heteroatoms. The average molecular weight is 341 g/mol. The molecule has 2 aromatic heterocycles. The van der Waals surface area contributed by atoms with Crippen LogP contribution in [0.5, 0.6) is 0 Å². The molecule has 0 unspecified atom stereocenters. The number of rotatable bonds is 4. The molecule has 0 radical (unpaired) electrons. The van der Waals surface area contributed by atoms with Crippen molar-refractivity contribution >= 4 is 17.6 Å². The highest BCUT2D eigenvalue weighted by atomic mass is 32.2. The molecule has 2 aromatic rings. The summed E-state index contributed by atoms with van der Waals surface area (Å²) in [5.74, 6) is 0.256. The number of nitrogens with zero attached hydrogens (tertiary/aromatic N) is 4. The molecule has 2 N–H and O–H groups in total. The monoisotopic (exact) mass is 341 g/mol. The van der Waals surface area contributed by atoms with Gasteiger partial charge in [-0.3, -0.25) is 0 Å². The van der Waals surface area contributed by atoms with Crippen molar-refractivity contribution in [2.24, 2.45) is 0 Å². The van der Waals surface area contributed by atoms with Crippen molar-refractivity contribution < 1.29 is 4.74 Å². The van der Waals surface area contributed by atoms with Gasteiger partial charge in [0.25, 0.3) is 0 Å². The van der Waals surface area contributed by atoms with E-state index in [9.17, 15) is 5.26 Å². The molecule has 3 heterocycles. The van der Waals surface area contributed by atoms with Crippen LogP contribution in [0.15, 0.2) is 17.6 Å². The second kappa shape index (κ2) is 7.16. The number of hydrogen-bond donors (Lipinski definition) is 1. The second-order valence-corrected chi connectivity index (χ2v) is 7.08. The molecule has 24 heavy (non-hydrogen) atoms. The van der Waals surface area contributed by atoms with Crippen LogP contribution >= 0.6 is 11.8 Å². The third kappa shape index (κ3) is 3.21. The molecule has 0 aliphatic carbocycles. The number of anilines is 1. The molecule has 0 spiro atoms. The molecule has 3 rings (SSSR count). The first-order valence-corrected chi connectivity index (χ1v) is 8.80. The van der Waals surface area contributed by atoms with E-state index in [0.717, 1.165) is 34.0 Å². The number of aromatic nitrogens is 3. The molecule has 1 aliphatic rings. The van der Waals surface area contributed by atoms with Gasteiger partial charge in [0.05, 0.1) is 18.9 Å². The summed E-state index contributed by atoms with van der Waals surface area (Å²) in [7, 11) is 0. The molecular formula is C17H19N5OS. The molecule has 1 atom stereocenters. The van der Waals surface area contributed by atoms with Gasteiger partial charge in [0.2, 0.25) is 0 Å². The number of pyridine rings is 1. The Labute approximate surface area is 145 Å². The van der Waals surface area contributed by atoms with Crippen LogP contribution in [0.2, 0.25) is 0 Å². The van der Waals surface area contributed by atoms with Crippen molar-refractivity contribution in [1.29, 1.82) is 5.26 Å². The quantitative estimate of drug-likeness (QED) is 0.674. The van der Waals surface area contributed by atoms with Crippen LogP contribution in [0.1, 0.15) is 37.1 Å². The minimum absolute atomic E-state index is 0.256. The Bertz CT molecular complexity index is 785. The van der Waals surface area contributed by atoms with Crippen LogP contribution in [0.3, 0.4) is 0 Å². The number of fused-ring (bicyclic) bond motifs is 1. The fraction of sp³-hybridized carbons (Fsp3) is 0.412. The van der Waals surface area contributed by atoms with Gasteiger partial charge in [0.1, 0.15) is 17.5 Å². The molecular weight excluding hydrogens is 322 g/mol. The fourth-order valence-electron chi connectivity index (χ4n) is 2.60. The highest BCUT2D eigenvalue weighted by molar-refractivity contribution is 7.99. The van der Waals surface area contributed by atoms with E-state index in [0.29, 0.717) is 30.4 Å². The lowest BCUT2D eigenvalue weighted by molar-refractivity contribution is 0.109. The summed E-state index contributed by atoms with van der Waals surface area (Å²) in [6, 6.07) is 2.16. The minimum Gasteiger partial charge on any atom is -0.383 e. The van der Waals surface area contributed by atoms with Gasteiger partial charge in [-0.25, -0.2) is 15.0 Å². The van der Waals surface area contributed by atoms with E-state index in [-0.39, 0.29) is 5.82 Å². The van der Waals surface area contributed by atoms with Crippen molar-refractivity contribution in [1.82, 2.24) is 15.0 Å². The SMILES string of the molecule is CC[C@@H](C)Sc1ncc(-c2c(C#N)c(N)nc3c2COCC3)cn1. The number of ether oxygens (including phenoxy) is 1. The second-order valence-electron chi connectivity index (χ2n) is 5.68. The third-order valence-corrected chi connectivity index (χ3v) is 5.21. The number of thioether (sulfide) groups is 1. The van der Waals surface area contributed by atoms with Crippen LogP contribution in [0, 0.1) is 11.3 Å². The summed E-state index contributed by atoms with van der Waals surface area (Å²) in [5.41, 5.74) is 9.69. The van der Waals surface area contributed by atoms with Crippen molar-refractivity contribution in [3.63, 3.8) is 0 Å². The van der Waals surface area contributed by atoms with Crippen molar-refractivity contribution in [2.45, 2.75) is 43.7 Å². The molecule has 6 nitrogen and oxygen atoms in total. The maximum atomic E-state index is 9.51. The van der Waals surface area contributed by atoms with Gasteiger partial charge in [-0.1, -0.05) is 25.6 Å². The summed E-state index contributed by atoms with van der Waals surface area (Å²) in [6.45, 7) is 5.33. The number of hydrogen-bond acceptors (Lipinski definition) is 7. The summed E-state index contributed by atoms with van der Waals surface area (Å²) in [6.07, 6.45) is 5.26. The van der Waals surface area contributed by atoms with Crippen molar-refractivity contribution in [3.8, 4) is 17.2 Å². The fourth-order valence-corrected chi connectivity index (χ4v) is 3.35. The van der Waals surface area contributed by atoms with Gasteiger partial charge in [-0.15, -0.1) is 0 Å². The summed E-state index contributed by atoms with van der Waals surface area (Å²) in [4.78, 5) is 13.2. The minimum atomic E-state index is 0.256. The molecule has 124 valence electrons. The van der Waals surface area contributed by atoms with E-state index in [1.807, 2.05) is 0 Å². The molecule has 0 aromatic carbocycles. The van der Waals surface area contributed by atoms with Gasteiger partial charge < -0.3 is 10.5 Å². The Morgan fingerprint density at radius 2 is 2.17 bits per heavy atom. The van der Waals surface area contributed by atoms with Crippen LogP contribution in [-0.4, -0.2) is 26.8 Å². The highest BCUT2D eigenvalue weighted by Crippen LogP contribution is 2.34. The normalized spacial score (nSPS) is 14.7. The highest BCUT2D eigenvalue weighted by Gasteiger charge is 2.22. The van der Waals surface area contributed by atoms with Crippen LogP contribution in [0.4, 0.5) is 5.82 Å². The maximum Gasteiger partial charge on any atom is 0.187 e. The van der Waals surface area contributed by atoms with Gasteiger partial charge in [0.15, 0.2) is 5.16 Å². The van der Waals surface area contributed by atoms with E-state index in [4.69, 9.17) is 10.5 Å². The smallest absolute Gasteiger partial charge is 0.187 e. The zero-order valence-electron chi connectivity index (χ0n) is 13.7. The van der Waals surface area contributed by atoms with E-state index in [1.165, 1.54) is 0 Å². The van der Waals surface area contributed by atoms with E-state index >= 15 is 0 Å². The van der Waals surface area contributed by atoms with Gasteiger partial charge in [0, 0.05) is 40.8 Å². The largest absolute Gasteiger partial charge is 0.383 e. The summed E-state index contributed by atoms with van der Waals surface area (Å²) < 4.78 is 5.55. The first kappa shape index (κ1) is 16.7. The van der Waals surface area contributed by atoms with E-state index in [1.54, 1.807) is 24.2 Å². The average Bonchev–Trinajstić information content (AvgIpc) is 2.61. The van der Waals surface area contributed by atoms with E-state index < -0.39 is 0 Å². The van der Waals surface area contributed by atoms with Crippen LogP contribution in [0.25, 0.3) is 11.1 Å². The maximum absolute atomic E-state index is 9.51. The standard InChI is InChI=1S/C17H19N5OS/c1-3-10(2)24-17-20-7-11(8-21-17)15-12(6-18)16(19)22-14-4-5-23-9-13(14)15/h7-8,10H,3-5,9H2,1-2H3,(H2,19,22)/t10-/m1/s1. The molecule has 0 fully saturated rings. The Balaban J connectivity index is 2.05. The first-order valence-electron chi connectivity index (χ1n) is 7.92. The topological polar surface area (TPSA) is 97.7 Å². The molecule has 0 saturated carbocycles. The van der Waals surface area contributed by atoms with Gasteiger partial charge in [-0.2, -0.15) is 5.26 Å². The number of nitrogens with two attached hydrogens (primary N) is 1. The lowest BCUT2D eigenvalue weighted by atomic mass is 9.94. The summed E-state index contributed by atoms with van der Waals surface area (Å²) in [5, 5.41) is 10.7. The Morgan fingerprint density at radius 1 is 1.42 bits per heavy atom. The Hall–Kier alpha value is -2.17. The molecule has 0 saturated heterocycles. The lowest BCUT2D eigenvalue weighted by Gasteiger charge is -2.21. The lowest BCUT2D eigenvalue weighted by Crippen LogP contribution is -2.16. The van der Waals surface area contributed by atoms with Gasteiger partial charge in [-0.05, 0) is 6.42 Å². The van der Waals surface area contributed by atoms with E-state index in [2.05, 4.69) is 34.9 Å². The van der Waals surface area contributed by atoms with Crippen molar-refractivity contribution in [2.75, 3.05) is 12.3 Å². The number of nitrogen functional groups attached to an aromatic ring is 1. The first-order chi connectivity index (χ1) is 11.6. The summed E-state index contributed by atoms with van der Waals surface area (Å²) >= 11 is 1.64. The van der Waals surface area contributed by atoms with Crippen molar-refractivity contribution in [3.05, 3.63) is 29.2 Å². The number of nitriles is 1. The van der Waals surface area contributed by atoms with Gasteiger partial charge >= 0.3 is 0 Å². The zero-order valence-corrected chi connectivity index (χ0v) is 14.6. The molecule has 0 bridgehead atoms. The third-order valence-electron chi connectivity index (χ3n) is 4.05. The predicted molar refractivity (Wildman–Crippen MR) is 93.4 cm³/mol.